The predicted octanol–water partition coefficient (Wildman–Crippen LogP) is 1.28. The molecule has 0 aromatic rings. The van der Waals surface area contributed by atoms with E-state index in [0.29, 0.717) is 18.6 Å². The van der Waals surface area contributed by atoms with Crippen LogP contribution in [0.5, 0.6) is 0 Å². The number of carboxylic acids is 1. The monoisotopic (exact) mass is 272 g/mol. The lowest BCUT2D eigenvalue weighted by atomic mass is 9.75. The van der Waals surface area contributed by atoms with Gasteiger partial charge in [0.15, 0.2) is 6.10 Å². The number of ether oxygens (including phenoxy) is 1. The smallest absolute Gasteiger partial charge is 0.332 e. The summed E-state index contributed by atoms with van der Waals surface area (Å²) in [7, 11) is 6.33. The molecule has 19 heavy (non-hydrogen) atoms. The fraction of sp³-hybridized carbons (Fsp3) is 0.929. The molecule has 5 heteroatoms. The zero-order valence-electron chi connectivity index (χ0n) is 12.7. The highest BCUT2D eigenvalue weighted by Crippen LogP contribution is 2.36. The second kappa shape index (κ2) is 7.22. The standard InChI is InChI=1S/C14H28N2O3/c1-5-19-12(13(17)18)7-10-16(4)11-14(15(2)3)8-6-9-14/h12H,5-11H2,1-4H3,(H,17,18). The van der Waals surface area contributed by atoms with Gasteiger partial charge in [-0.25, -0.2) is 4.79 Å². The Morgan fingerprint density at radius 2 is 2.00 bits per heavy atom. The van der Waals surface area contributed by atoms with Crippen LogP contribution in [-0.2, 0) is 9.53 Å². The van der Waals surface area contributed by atoms with Gasteiger partial charge >= 0.3 is 5.97 Å². The lowest BCUT2D eigenvalue weighted by Crippen LogP contribution is -2.56. The second-order valence-corrected chi connectivity index (χ2v) is 5.78. The molecule has 1 unspecified atom stereocenters. The Morgan fingerprint density at radius 3 is 2.37 bits per heavy atom. The van der Waals surface area contributed by atoms with Crippen molar-refractivity contribution in [1.29, 1.82) is 0 Å². The van der Waals surface area contributed by atoms with Gasteiger partial charge in [0.1, 0.15) is 0 Å². The molecular formula is C14H28N2O3. The fourth-order valence-electron chi connectivity index (χ4n) is 2.73. The summed E-state index contributed by atoms with van der Waals surface area (Å²) in [6, 6.07) is 0. The summed E-state index contributed by atoms with van der Waals surface area (Å²) in [5.41, 5.74) is 0.291. The summed E-state index contributed by atoms with van der Waals surface area (Å²) in [5.74, 6) is -0.860. The maximum atomic E-state index is 11.0. The summed E-state index contributed by atoms with van der Waals surface area (Å²) in [4.78, 5) is 15.6. The van der Waals surface area contributed by atoms with E-state index in [2.05, 4.69) is 30.9 Å². The minimum Gasteiger partial charge on any atom is -0.479 e. The van der Waals surface area contributed by atoms with Gasteiger partial charge in [0.05, 0.1) is 0 Å². The van der Waals surface area contributed by atoms with Crippen LogP contribution in [0.1, 0.15) is 32.6 Å². The highest BCUT2D eigenvalue weighted by molar-refractivity contribution is 5.72. The van der Waals surface area contributed by atoms with Crippen molar-refractivity contribution in [2.24, 2.45) is 0 Å². The van der Waals surface area contributed by atoms with Crippen molar-refractivity contribution in [2.75, 3.05) is 40.8 Å². The maximum Gasteiger partial charge on any atom is 0.332 e. The van der Waals surface area contributed by atoms with Crippen molar-refractivity contribution in [3.8, 4) is 0 Å². The summed E-state index contributed by atoms with van der Waals surface area (Å²) in [6.45, 7) is 4.03. The van der Waals surface area contributed by atoms with Gasteiger partial charge in [0.2, 0.25) is 0 Å². The molecule has 0 spiro atoms. The van der Waals surface area contributed by atoms with Crippen LogP contribution in [0.25, 0.3) is 0 Å². The van der Waals surface area contributed by atoms with Gasteiger partial charge in [0, 0.05) is 25.2 Å². The Morgan fingerprint density at radius 1 is 1.37 bits per heavy atom. The molecule has 1 fully saturated rings. The molecule has 1 aliphatic rings. The van der Waals surface area contributed by atoms with Crippen LogP contribution in [0.15, 0.2) is 0 Å². The van der Waals surface area contributed by atoms with Crippen molar-refractivity contribution < 1.29 is 14.6 Å². The van der Waals surface area contributed by atoms with E-state index in [1.807, 2.05) is 6.92 Å². The first-order valence-corrected chi connectivity index (χ1v) is 7.11. The molecule has 0 amide bonds. The number of likely N-dealkylation sites (N-methyl/N-ethyl adjacent to an activating group) is 2. The summed E-state index contributed by atoms with van der Waals surface area (Å²) < 4.78 is 5.24. The molecule has 0 aliphatic heterocycles. The van der Waals surface area contributed by atoms with Gasteiger partial charge in [-0.05, 0) is 53.8 Å². The van der Waals surface area contributed by atoms with E-state index in [-0.39, 0.29) is 0 Å². The van der Waals surface area contributed by atoms with E-state index in [9.17, 15) is 4.79 Å². The fourth-order valence-corrected chi connectivity index (χ4v) is 2.73. The minimum atomic E-state index is -0.860. The summed E-state index contributed by atoms with van der Waals surface area (Å²) >= 11 is 0. The number of hydrogen-bond acceptors (Lipinski definition) is 4. The quantitative estimate of drug-likeness (QED) is 0.685. The van der Waals surface area contributed by atoms with Gasteiger partial charge in [-0.2, -0.15) is 0 Å². The van der Waals surface area contributed by atoms with E-state index >= 15 is 0 Å². The molecule has 1 aliphatic carbocycles. The van der Waals surface area contributed by atoms with Crippen LogP contribution in [-0.4, -0.2) is 73.4 Å². The zero-order chi connectivity index (χ0) is 14.5. The Bertz CT molecular complexity index is 290. The van der Waals surface area contributed by atoms with E-state index < -0.39 is 12.1 Å². The average Bonchev–Trinajstić information content (AvgIpc) is 2.28. The first-order chi connectivity index (χ1) is 8.91. The molecular weight excluding hydrogens is 244 g/mol. The third-order valence-corrected chi connectivity index (χ3v) is 4.21. The van der Waals surface area contributed by atoms with Crippen molar-refractivity contribution >= 4 is 5.97 Å². The zero-order valence-corrected chi connectivity index (χ0v) is 12.7. The SMILES string of the molecule is CCOC(CCN(C)CC1(N(C)C)CCC1)C(=O)O. The average molecular weight is 272 g/mol. The third-order valence-electron chi connectivity index (χ3n) is 4.21. The second-order valence-electron chi connectivity index (χ2n) is 5.78. The number of carbonyl (C=O) groups is 1. The van der Waals surface area contributed by atoms with Crippen LogP contribution in [0.4, 0.5) is 0 Å². The number of hydrogen-bond donors (Lipinski definition) is 1. The molecule has 1 N–H and O–H groups in total. The topological polar surface area (TPSA) is 53.0 Å². The van der Waals surface area contributed by atoms with E-state index in [0.717, 1.165) is 13.1 Å². The van der Waals surface area contributed by atoms with Crippen LogP contribution >= 0.6 is 0 Å². The predicted molar refractivity (Wildman–Crippen MR) is 75.4 cm³/mol. The maximum absolute atomic E-state index is 11.0. The van der Waals surface area contributed by atoms with Crippen LogP contribution < -0.4 is 0 Å². The van der Waals surface area contributed by atoms with Gasteiger partial charge in [-0.3, -0.25) is 0 Å². The molecule has 0 heterocycles. The van der Waals surface area contributed by atoms with Gasteiger partial charge in [-0.1, -0.05) is 0 Å². The third kappa shape index (κ3) is 4.44. The normalized spacial score (nSPS) is 19.5. The van der Waals surface area contributed by atoms with Crippen molar-refractivity contribution in [3.05, 3.63) is 0 Å². The Balaban J connectivity index is 2.38. The molecule has 0 aromatic carbocycles. The first kappa shape index (κ1) is 16.4. The lowest BCUT2D eigenvalue weighted by molar-refractivity contribution is -0.150. The largest absolute Gasteiger partial charge is 0.479 e. The highest BCUT2D eigenvalue weighted by Gasteiger charge is 2.39. The van der Waals surface area contributed by atoms with E-state index in [1.165, 1.54) is 19.3 Å². The van der Waals surface area contributed by atoms with Crippen molar-refractivity contribution in [3.63, 3.8) is 0 Å². The van der Waals surface area contributed by atoms with Gasteiger partial charge in [0.25, 0.3) is 0 Å². The van der Waals surface area contributed by atoms with E-state index in [4.69, 9.17) is 9.84 Å². The molecule has 0 radical (unpaired) electrons. The first-order valence-electron chi connectivity index (χ1n) is 7.11. The highest BCUT2D eigenvalue weighted by atomic mass is 16.5. The lowest BCUT2D eigenvalue weighted by Gasteiger charge is -2.49. The number of aliphatic carboxylic acids is 1. The Kier molecular flexibility index (Phi) is 6.23. The van der Waals surface area contributed by atoms with E-state index in [1.54, 1.807) is 0 Å². The number of carboxylic acid groups (broad SMARTS) is 1. The minimum absolute atomic E-state index is 0.291. The van der Waals surface area contributed by atoms with Crippen LogP contribution in [0, 0.1) is 0 Å². The van der Waals surface area contributed by atoms with Crippen LogP contribution in [0.3, 0.4) is 0 Å². The number of rotatable bonds is 9. The Labute approximate surface area is 116 Å². The van der Waals surface area contributed by atoms with Crippen LogP contribution in [0.2, 0.25) is 0 Å². The molecule has 0 saturated heterocycles. The van der Waals surface area contributed by atoms with Gasteiger partial charge in [-0.15, -0.1) is 0 Å². The Hall–Kier alpha value is -0.650. The van der Waals surface area contributed by atoms with Crippen molar-refractivity contribution in [1.82, 2.24) is 9.80 Å². The molecule has 0 bridgehead atoms. The molecule has 1 atom stereocenters. The molecule has 1 rings (SSSR count). The van der Waals surface area contributed by atoms with Crippen molar-refractivity contribution in [2.45, 2.75) is 44.2 Å². The molecule has 112 valence electrons. The summed E-state index contributed by atoms with van der Waals surface area (Å²) in [5, 5.41) is 9.04. The molecule has 5 nitrogen and oxygen atoms in total. The molecule has 0 aromatic heterocycles. The molecule has 1 saturated carbocycles. The van der Waals surface area contributed by atoms with Gasteiger partial charge < -0.3 is 19.6 Å². The number of nitrogens with zero attached hydrogens (tertiary/aromatic N) is 2. The summed E-state index contributed by atoms with van der Waals surface area (Å²) in [6.07, 6.45) is 3.63.